The molecule has 0 atom stereocenters. The molecule has 0 aliphatic carbocycles. The zero-order chi connectivity index (χ0) is 12.1. The molecule has 1 saturated heterocycles. The molecule has 6 nitrogen and oxygen atoms in total. The van der Waals surface area contributed by atoms with E-state index in [0.29, 0.717) is 26.4 Å². The molecule has 0 radical (unpaired) electrons. The summed E-state index contributed by atoms with van der Waals surface area (Å²) in [6.45, 7) is 9.38. The summed E-state index contributed by atoms with van der Waals surface area (Å²) in [4.78, 5) is 0. The van der Waals surface area contributed by atoms with Gasteiger partial charge in [0, 0.05) is 26.4 Å². The van der Waals surface area contributed by atoms with Crippen LogP contribution in [0.4, 0.5) is 0 Å². The first-order valence-corrected chi connectivity index (χ1v) is 8.88. The second kappa shape index (κ2) is 6.21. The van der Waals surface area contributed by atoms with E-state index < -0.39 is 18.1 Å². The van der Waals surface area contributed by atoms with Crippen molar-refractivity contribution in [3.63, 3.8) is 0 Å². The lowest BCUT2D eigenvalue weighted by atomic mass is 10.9. The number of rotatable bonds is 8. The molecule has 1 rings (SSSR count). The molecule has 1 heterocycles. The van der Waals surface area contributed by atoms with Crippen molar-refractivity contribution < 1.29 is 25.9 Å². The predicted octanol–water partition coefficient (Wildman–Crippen LogP) is 1.05. The third kappa shape index (κ3) is 3.11. The fourth-order valence-electron chi connectivity index (χ4n) is 1.34. The van der Waals surface area contributed by atoms with Crippen molar-refractivity contribution in [2.45, 2.75) is 27.7 Å². The summed E-state index contributed by atoms with van der Waals surface area (Å²) in [5, 5.41) is 0. The molecule has 0 aromatic heterocycles. The third-order valence-corrected chi connectivity index (χ3v) is 8.35. The molecule has 96 valence electrons. The van der Waals surface area contributed by atoms with E-state index in [9.17, 15) is 0 Å². The molecule has 0 unspecified atom stereocenters. The Morgan fingerprint density at radius 1 is 0.625 bits per heavy atom. The van der Waals surface area contributed by atoms with Gasteiger partial charge in [-0.15, -0.1) is 0 Å². The van der Waals surface area contributed by atoms with E-state index in [4.69, 9.17) is 25.9 Å². The monoisotopic (exact) mass is 268 g/mol. The normalized spacial score (nSPS) is 21.8. The average molecular weight is 268 g/mol. The number of hydrogen-bond donors (Lipinski definition) is 0. The van der Waals surface area contributed by atoms with E-state index in [2.05, 4.69) is 0 Å². The molecule has 1 aliphatic heterocycles. The molecule has 0 bridgehead atoms. The van der Waals surface area contributed by atoms with Crippen molar-refractivity contribution in [2.24, 2.45) is 0 Å². The smallest absolute Gasteiger partial charge is 0.352 e. The van der Waals surface area contributed by atoms with Crippen LogP contribution in [0.25, 0.3) is 0 Å². The average Bonchev–Trinajstić information content (AvgIpc) is 2.17. The maximum Gasteiger partial charge on any atom is 0.668 e. The van der Waals surface area contributed by atoms with Gasteiger partial charge in [0.15, 0.2) is 0 Å². The molecule has 0 amide bonds. The summed E-state index contributed by atoms with van der Waals surface area (Å²) in [7, 11) is -5.88. The van der Waals surface area contributed by atoms with Crippen LogP contribution in [0.2, 0.25) is 0 Å². The van der Waals surface area contributed by atoms with Gasteiger partial charge in [-0.3, -0.25) is 0 Å². The van der Waals surface area contributed by atoms with Gasteiger partial charge >= 0.3 is 18.1 Å². The Morgan fingerprint density at radius 3 is 1.06 bits per heavy atom. The Hall–Kier alpha value is 0.194. The van der Waals surface area contributed by atoms with Gasteiger partial charge in [0.25, 0.3) is 0 Å². The van der Waals surface area contributed by atoms with Crippen LogP contribution in [0.1, 0.15) is 27.7 Å². The van der Waals surface area contributed by atoms with Crippen LogP contribution in [0.3, 0.4) is 0 Å². The predicted molar refractivity (Wildman–Crippen MR) is 60.2 cm³/mol. The van der Waals surface area contributed by atoms with Crippen LogP contribution < -0.4 is 0 Å². The quantitative estimate of drug-likeness (QED) is 0.613. The van der Waals surface area contributed by atoms with Crippen molar-refractivity contribution in [3.05, 3.63) is 0 Å². The molecule has 16 heavy (non-hydrogen) atoms. The zero-order valence-electron chi connectivity index (χ0n) is 10.3. The molecule has 0 aromatic carbocycles. The van der Waals surface area contributed by atoms with Crippen molar-refractivity contribution in [1.29, 1.82) is 0 Å². The fourth-order valence-corrected chi connectivity index (χ4v) is 7.32. The lowest BCUT2D eigenvalue weighted by molar-refractivity contribution is -0.109. The lowest BCUT2D eigenvalue weighted by Crippen LogP contribution is -2.76. The lowest BCUT2D eigenvalue weighted by Gasteiger charge is -2.45. The van der Waals surface area contributed by atoms with Gasteiger partial charge in [0.05, 0.1) is 0 Å². The highest BCUT2D eigenvalue weighted by Gasteiger charge is 2.74. The van der Waals surface area contributed by atoms with E-state index in [0.717, 1.165) is 0 Å². The van der Waals surface area contributed by atoms with E-state index in [-0.39, 0.29) is 0 Å². The first-order valence-electron chi connectivity index (χ1n) is 5.62. The zero-order valence-corrected chi connectivity index (χ0v) is 12.3. The van der Waals surface area contributed by atoms with Crippen LogP contribution >= 0.6 is 0 Å². The highest BCUT2D eigenvalue weighted by Crippen LogP contribution is 2.34. The van der Waals surface area contributed by atoms with Gasteiger partial charge in [-0.2, -0.15) is 0 Å². The van der Waals surface area contributed by atoms with Crippen LogP contribution in [0.5, 0.6) is 0 Å². The Bertz CT molecular complexity index is 173. The minimum atomic E-state index is -2.94. The van der Waals surface area contributed by atoms with Crippen molar-refractivity contribution in [3.8, 4) is 0 Å². The Morgan fingerprint density at radius 2 is 0.875 bits per heavy atom. The Kier molecular flexibility index (Phi) is 5.54. The van der Waals surface area contributed by atoms with Crippen LogP contribution in [0, 0.1) is 0 Å². The molecule has 0 spiro atoms. The van der Waals surface area contributed by atoms with Gasteiger partial charge in [0.2, 0.25) is 0 Å². The van der Waals surface area contributed by atoms with Crippen LogP contribution in [0.15, 0.2) is 0 Å². The molecule has 1 fully saturated rings. The van der Waals surface area contributed by atoms with E-state index in [1.807, 2.05) is 27.7 Å². The Balaban J connectivity index is 2.56. The van der Waals surface area contributed by atoms with Gasteiger partial charge in [-0.1, -0.05) is 0 Å². The molecule has 1 aliphatic rings. The summed E-state index contributed by atoms with van der Waals surface area (Å²) < 4.78 is 32.9. The van der Waals surface area contributed by atoms with Crippen molar-refractivity contribution in [2.75, 3.05) is 26.4 Å². The summed E-state index contributed by atoms with van der Waals surface area (Å²) in [6.07, 6.45) is 0. The van der Waals surface area contributed by atoms with Gasteiger partial charge in [0.1, 0.15) is 0 Å². The van der Waals surface area contributed by atoms with E-state index >= 15 is 0 Å². The van der Waals surface area contributed by atoms with Crippen LogP contribution in [-0.2, 0) is 25.9 Å². The molecular formula is C8H20O6Si2. The standard InChI is InChI=1S/C8H20O6Si2/c1-5-9-15(10-6-2)13-16(14-15,11-7-3)12-8-4/h5-8H2,1-4H3. The largest absolute Gasteiger partial charge is 0.668 e. The summed E-state index contributed by atoms with van der Waals surface area (Å²) in [5.41, 5.74) is 0. The molecule has 0 aromatic rings. The summed E-state index contributed by atoms with van der Waals surface area (Å²) in [5.74, 6) is 0. The van der Waals surface area contributed by atoms with E-state index in [1.54, 1.807) is 0 Å². The minimum Gasteiger partial charge on any atom is -0.352 e. The SMILES string of the molecule is CCO[Si]1(OCC)O[Si](OCC)(OCC)O1. The van der Waals surface area contributed by atoms with Gasteiger partial charge in [-0.25, -0.2) is 0 Å². The minimum absolute atomic E-state index is 0.481. The maximum atomic E-state index is 5.64. The Labute approximate surface area is 98.7 Å². The first kappa shape index (κ1) is 14.3. The third-order valence-electron chi connectivity index (χ3n) is 1.78. The van der Waals surface area contributed by atoms with E-state index in [1.165, 1.54) is 0 Å². The van der Waals surface area contributed by atoms with Crippen molar-refractivity contribution in [1.82, 2.24) is 0 Å². The maximum absolute atomic E-state index is 5.64. The van der Waals surface area contributed by atoms with Gasteiger partial charge in [-0.05, 0) is 27.7 Å². The van der Waals surface area contributed by atoms with Crippen molar-refractivity contribution >= 4 is 18.1 Å². The summed E-state index contributed by atoms with van der Waals surface area (Å²) >= 11 is 0. The number of hydrogen-bond acceptors (Lipinski definition) is 6. The molecule has 8 heteroatoms. The van der Waals surface area contributed by atoms with Gasteiger partial charge < -0.3 is 25.9 Å². The molecule has 0 N–H and O–H groups in total. The highest BCUT2D eigenvalue weighted by molar-refractivity contribution is 6.82. The topological polar surface area (TPSA) is 55.4 Å². The molecular weight excluding hydrogens is 248 g/mol. The second-order valence-corrected chi connectivity index (χ2v) is 7.72. The first-order chi connectivity index (χ1) is 7.66. The second-order valence-electron chi connectivity index (χ2n) is 2.94. The molecule has 0 saturated carbocycles. The fraction of sp³-hybridized carbons (Fsp3) is 1.00. The highest BCUT2D eigenvalue weighted by atomic mass is 28.6. The summed E-state index contributed by atoms with van der Waals surface area (Å²) in [6, 6.07) is 0. The van der Waals surface area contributed by atoms with Crippen LogP contribution in [-0.4, -0.2) is 44.5 Å².